The molecule has 3 heterocycles. The number of hydrogen-bond acceptors (Lipinski definition) is 5. The molecule has 0 bridgehead atoms. The number of rotatable bonds is 5. The van der Waals surface area contributed by atoms with Gasteiger partial charge < -0.3 is 9.40 Å². The minimum Gasteiger partial charge on any atom is -0.445 e. The molecule has 0 aliphatic rings. The summed E-state index contributed by atoms with van der Waals surface area (Å²) in [7, 11) is 0. The second kappa shape index (κ2) is 7.50. The summed E-state index contributed by atoms with van der Waals surface area (Å²) in [6.45, 7) is 5.97. The molecule has 0 saturated carbocycles. The topological polar surface area (TPSA) is 72.5 Å². The van der Waals surface area contributed by atoms with E-state index < -0.39 is 0 Å². The fourth-order valence-corrected chi connectivity index (χ4v) is 4.32. The van der Waals surface area contributed by atoms with Crippen LogP contribution >= 0.6 is 11.8 Å². The molecule has 0 amide bonds. The molecule has 5 aromatic rings. The van der Waals surface area contributed by atoms with Crippen LogP contribution in [0.2, 0.25) is 0 Å². The fourth-order valence-electron chi connectivity index (χ4n) is 3.52. The van der Waals surface area contributed by atoms with Crippen molar-refractivity contribution in [3.63, 3.8) is 0 Å². The summed E-state index contributed by atoms with van der Waals surface area (Å²) in [6.07, 6.45) is 2.00. The van der Waals surface area contributed by atoms with Crippen LogP contribution in [-0.2, 0) is 5.75 Å². The first kappa shape index (κ1) is 18.7. The van der Waals surface area contributed by atoms with Crippen LogP contribution in [0.3, 0.4) is 0 Å². The molecule has 150 valence electrons. The van der Waals surface area contributed by atoms with Gasteiger partial charge in [-0.25, -0.2) is 4.98 Å². The lowest BCUT2D eigenvalue weighted by molar-refractivity contribution is 0.489. The lowest BCUT2D eigenvalue weighted by Crippen LogP contribution is -2.00. The van der Waals surface area contributed by atoms with Gasteiger partial charge in [-0.3, -0.25) is 4.57 Å². The summed E-state index contributed by atoms with van der Waals surface area (Å²) < 4.78 is 7.85. The molecule has 5 rings (SSSR count). The maximum Gasteiger partial charge on any atom is 0.205 e. The first-order chi connectivity index (χ1) is 14.6. The number of benzene rings is 2. The molecule has 30 heavy (non-hydrogen) atoms. The number of H-pyrrole nitrogens is 1. The van der Waals surface area contributed by atoms with Crippen LogP contribution < -0.4 is 0 Å². The Morgan fingerprint density at radius 3 is 2.70 bits per heavy atom. The second-order valence-corrected chi connectivity index (χ2v) is 8.21. The molecule has 0 fully saturated rings. The number of thioether (sulfide) groups is 1. The largest absolute Gasteiger partial charge is 0.445 e. The van der Waals surface area contributed by atoms with Crippen molar-refractivity contribution in [3.8, 4) is 17.1 Å². The summed E-state index contributed by atoms with van der Waals surface area (Å²) in [4.78, 5) is 7.83. The summed E-state index contributed by atoms with van der Waals surface area (Å²) in [5.74, 6) is 2.94. The van der Waals surface area contributed by atoms with Crippen LogP contribution in [-0.4, -0.2) is 24.7 Å². The minimum absolute atomic E-state index is 0.590. The summed E-state index contributed by atoms with van der Waals surface area (Å²) in [5, 5.41) is 11.0. The number of para-hydroxylation sites is 1. The predicted molar refractivity (Wildman–Crippen MR) is 119 cm³/mol. The predicted octanol–water partition coefficient (Wildman–Crippen LogP) is 5.62. The Morgan fingerprint density at radius 1 is 1.03 bits per heavy atom. The first-order valence-corrected chi connectivity index (χ1v) is 10.7. The van der Waals surface area contributed by atoms with Crippen LogP contribution in [0.1, 0.15) is 22.9 Å². The number of nitrogens with zero attached hydrogens (tertiary/aromatic N) is 4. The Hall–Kier alpha value is -3.32. The van der Waals surface area contributed by atoms with E-state index in [2.05, 4.69) is 68.1 Å². The Balaban J connectivity index is 1.61. The van der Waals surface area contributed by atoms with E-state index in [4.69, 9.17) is 4.42 Å². The van der Waals surface area contributed by atoms with E-state index in [0.29, 0.717) is 11.6 Å². The third kappa shape index (κ3) is 3.31. The zero-order chi connectivity index (χ0) is 20.7. The molecule has 0 aliphatic heterocycles. The van der Waals surface area contributed by atoms with Crippen molar-refractivity contribution in [1.82, 2.24) is 24.7 Å². The molecule has 0 spiro atoms. The Labute approximate surface area is 178 Å². The highest BCUT2D eigenvalue weighted by Gasteiger charge is 2.20. The summed E-state index contributed by atoms with van der Waals surface area (Å²) in [5.41, 5.74) is 5.23. The van der Waals surface area contributed by atoms with Gasteiger partial charge in [0.1, 0.15) is 5.76 Å². The zero-order valence-corrected chi connectivity index (χ0v) is 17.8. The standard InChI is InChI=1S/C23H21N5OS/c1-14-7-6-8-17(11-14)28-22(19-12-24-20-10-5-4-9-18(19)20)26-27-23(28)30-13-21-25-15(2)16(3)29-21/h4-12,24H,13H2,1-3H3. The SMILES string of the molecule is Cc1cccc(-n2c(SCc3nc(C)c(C)o3)nnc2-c2c[nH]c3ccccc23)c1. The lowest BCUT2D eigenvalue weighted by atomic mass is 10.1. The van der Waals surface area contributed by atoms with E-state index in [1.807, 2.05) is 32.2 Å². The van der Waals surface area contributed by atoms with E-state index >= 15 is 0 Å². The highest BCUT2D eigenvalue weighted by atomic mass is 32.2. The molecule has 3 aromatic heterocycles. The highest BCUT2D eigenvalue weighted by Crippen LogP contribution is 2.33. The fraction of sp³-hybridized carbons (Fsp3) is 0.174. The van der Waals surface area contributed by atoms with Crippen molar-refractivity contribution in [2.45, 2.75) is 31.7 Å². The Kier molecular flexibility index (Phi) is 4.67. The molecule has 7 heteroatoms. The maximum atomic E-state index is 5.74. The van der Waals surface area contributed by atoms with Crippen molar-refractivity contribution < 1.29 is 4.42 Å². The van der Waals surface area contributed by atoms with Gasteiger partial charge in [0.25, 0.3) is 0 Å². The van der Waals surface area contributed by atoms with Crippen LogP contribution in [0.4, 0.5) is 0 Å². The lowest BCUT2D eigenvalue weighted by Gasteiger charge is -2.10. The molecule has 0 aliphatic carbocycles. The van der Waals surface area contributed by atoms with Gasteiger partial charge in [0, 0.05) is 28.4 Å². The van der Waals surface area contributed by atoms with E-state index in [1.54, 1.807) is 11.8 Å². The molecule has 0 atom stereocenters. The number of aryl methyl sites for hydroxylation is 3. The van der Waals surface area contributed by atoms with Crippen LogP contribution in [0.15, 0.2) is 64.3 Å². The van der Waals surface area contributed by atoms with E-state index in [1.165, 1.54) is 5.56 Å². The smallest absolute Gasteiger partial charge is 0.205 e. The van der Waals surface area contributed by atoms with Gasteiger partial charge in [0.2, 0.25) is 5.89 Å². The molecule has 0 unspecified atom stereocenters. The van der Waals surface area contributed by atoms with E-state index in [9.17, 15) is 0 Å². The van der Waals surface area contributed by atoms with E-state index in [0.717, 1.165) is 44.6 Å². The number of hydrogen-bond donors (Lipinski definition) is 1. The van der Waals surface area contributed by atoms with Crippen molar-refractivity contribution >= 4 is 22.7 Å². The number of aromatic nitrogens is 5. The van der Waals surface area contributed by atoms with Gasteiger partial charge in [-0.2, -0.15) is 0 Å². The summed E-state index contributed by atoms with van der Waals surface area (Å²) in [6, 6.07) is 16.6. The minimum atomic E-state index is 0.590. The molecule has 1 N–H and O–H groups in total. The normalized spacial score (nSPS) is 11.4. The number of oxazole rings is 1. The highest BCUT2D eigenvalue weighted by molar-refractivity contribution is 7.98. The molecule has 0 saturated heterocycles. The van der Waals surface area contributed by atoms with Gasteiger partial charge in [0.05, 0.1) is 11.4 Å². The molecule has 0 radical (unpaired) electrons. The van der Waals surface area contributed by atoms with Crippen molar-refractivity contribution in [2.24, 2.45) is 0 Å². The molecule has 6 nitrogen and oxygen atoms in total. The van der Waals surface area contributed by atoms with Crippen molar-refractivity contribution in [2.75, 3.05) is 0 Å². The molecular weight excluding hydrogens is 394 g/mol. The zero-order valence-electron chi connectivity index (χ0n) is 17.0. The molecular formula is C23H21N5OS. The van der Waals surface area contributed by atoms with Crippen LogP contribution in [0.5, 0.6) is 0 Å². The monoisotopic (exact) mass is 415 g/mol. The summed E-state index contributed by atoms with van der Waals surface area (Å²) >= 11 is 1.57. The number of nitrogens with one attached hydrogen (secondary N) is 1. The van der Waals surface area contributed by atoms with Gasteiger partial charge in [0.15, 0.2) is 11.0 Å². The molecule has 2 aromatic carbocycles. The Morgan fingerprint density at radius 2 is 1.90 bits per heavy atom. The average Bonchev–Trinajstić information content (AvgIpc) is 3.43. The van der Waals surface area contributed by atoms with Gasteiger partial charge >= 0.3 is 0 Å². The third-order valence-corrected chi connectivity index (χ3v) is 6.03. The van der Waals surface area contributed by atoms with E-state index in [-0.39, 0.29) is 0 Å². The van der Waals surface area contributed by atoms with Gasteiger partial charge in [-0.1, -0.05) is 42.1 Å². The first-order valence-electron chi connectivity index (χ1n) is 9.75. The maximum absolute atomic E-state index is 5.74. The van der Waals surface area contributed by atoms with Gasteiger partial charge in [-0.15, -0.1) is 10.2 Å². The van der Waals surface area contributed by atoms with Crippen LogP contribution in [0.25, 0.3) is 28.0 Å². The van der Waals surface area contributed by atoms with Gasteiger partial charge in [-0.05, 0) is 44.5 Å². The second-order valence-electron chi connectivity index (χ2n) is 7.27. The third-order valence-electron chi connectivity index (χ3n) is 5.12. The number of aromatic amines is 1. The van der Waals surface area contributed by atoms with Crippen molar-refractivity contribution in [3.05, 3.63) is 77.6 Å². The number of fused-ring (bicyclic) bond motifs is 1. The van der Waals surface area contributed by atoms with Crippen molar-refractivity contribution in [1.29, 1.82) is 0 Å². The Bertz CT molecular complexity index is 1330. The van der Waals surface area contributed by atoms with Crippen LogP contribution in [0, 0.1) is 20.8 Å². The average molecular weight is 416 g/mol. The quantitative estimate of drug-likeness (QED) is 0.377.